The number of nitrogens with one attached hydrogen (secondary N) is 1. The molecule has 2 aromatic carbocycles. The molecule has 0 aromatic heterocycles. The summed E-state index contributed by atoms with van der Waals surface area (Å²) in [4.78, 5) is 26.3. The molecule has 1 saturated heterocycles. The van der Waals surface area contributed by atoms with Crippen LogP contribution in [0.3, 0.4) is 0 Å². The number of amides is 2. The zero-order valence-corrected chi connectivity index (χ0v) is 14.2. The zero-order valence-electron chi connectivity index (χ0n) is 13.4. The highest BCUT2D eigenvalue weighted by molar-refractivity contribution is 6.32. The highest BCUT2D eigenvalue weighted by Gasteiger charge is 2.34. The summed E-state index contributed by atoms with van der Waals surface area (Å²) in [5, 5.41) is 11.9. The Morgan fingerprint density at radius 2 is 2.04 bits per heavy atom. The van der Waals surface area contributed by atoms with Gasteiger partial charge in [0.25, 0.3) is 0 Å². The molecule has 0 radical (unpaired) electrons. The Hall–Kier alpha value is -2.84. The Bertz CT molecular complexity index is 845. The van der Waals surface area contributed by atoms with E-state index in [-0.39, 0.29) is 23.3 Å². The summed E-state index contributed by atoms with van der Waals surface area (Å²) < 4.78 is 0. The zero-order chi connectivity index (χ0) is 17.8. The molecule has 0 bridgehead atoms. The van der Waals surface area contributed by atoms with E-state index in [2.05, 4.69) is 5.32 Å². The molecule has 0 aliphatic carbocycles. The van der Waals surface area contributed by atoms with Crippen LogP contribution in [-0.4, -0.2) is 23.3 Å². The van der Waals surface area contributed by atoms with E-state index in [9.17, 15) is 9.59 Å². The topological polar surface area (TPSA) is 73.2 Å². The molecular formula is C19H16ClN3O2. The van der Waals surface area contributed by atoms with Crippen molar-refractivity contribution < 1.29 is 9.59 Å². The molecule has 1 unspecified atom stereocenters. The van der Waals surface area contributed by atoms with E-state index in [0.29, 0.717) is 24.3 Å². The van der Waals surface area contributed by atoms with Crippen molar-refractivity contribution in [2.75, 3.05) is 11.9 Å². The molecule has 1 N–H and O–H groups in total. The summed E-state index contributed by atoms with van der Waals surface area (Å²) in [6, 6.07) is 16.4. The highest BCUT2D eigenvalue weighted by Crippen LogP contribution is 2.24. The summed E-state index contributed by atoms with van der Waals surface area (Å²) in [6.07, 6.45) is 0.197. The van der Waals surface area contributed by atoms with Crippen LogP contribution in [0.1, 0.15) is 17.5 Å². The van der Waals surface area contributed by atoms with E-state index in [1.165, 1.54) is 6.07 Å². The van der Waals surface area contributed by atoms with Crippen molar-refractivity contribution in [3.63, 3.8) is 0 Å². The second-order valence-corrected chi connectivity index (χ2v) is 6.36. The number of likely N-dealkylation sites (tertiary alicyclic amines) is 1. The summed E-state index contributed by atoms with van der Waals surface area (Å²) in [5.74, 6) is -0.641. The molecule has 1 aliphatic rings. The number of halogens is 1. The van der Waals surface area contributed by atoms with Crippen LogP contribution in [0.4, 0.5) is 5.69 Å². The maximum atomic E-state index is 12.4. The molecule has 1 fully saturated rings. The maximum absolute atomic E-state index is 12.4. The van der Waals surface area contributed by atoms with E-state index in [1.807, 2.05) is 36.4 Å². The Morgan fingerprint density at radius 3 is 2.72 bits per heavy atom. The fourth-order valence-electron chi connectivity index (χ4n) is 2.83. The Labute approximate surface area is 150 Å². The molecule has 2 amide bonds. The molecular weight excluding hydrogens is 338 g/mol. The van der Waals surface area contributed by atoms with Crippen LogP contribution in [0, 0.1) is 17.2 Å². The van der Waals surface area contributed by atoms with E-state index in [4.69, 9.17) is 16.9 Å². The average Bonchev–Trinajstić information content (AvgIpc) is 2.97. The Kier molecular flexibility index (Phi) is 5.01. The number of carbonyl (C=O) groups is 2. The number of benzene rings is 2. The molecule has 0 saturated carbocycles. The highest BCUT2D eigenvalue weighted by atomic mass is 35.5. The second kappa shape index (κ2) is 7.37. The Balaban J connectivity index is 1.63. The third-order valence-electron chi connectivity index (χ3n) is 4.16. The first kappa shape index (κ1) is 17.0. The van der Waals surface area contributed by atoms with Gasteiger partial charge in [0.2, 0.25) is 11.8 Å². The average molecular weight is 354 g/mol. The predicted molar refractivity (Wildman–Crippen MR) is 94.8 cm³/mol. The van der Waals surface area contributed by atoms with E-state index < -0.39 is 5.92 Å². The van der Waals surface area contributed by atoms with Gasteiger partial charge in [-0.1, -0.05) is 41.9 Å². The number of hydrogen-bond acceptors (Lipinski definition) is 3. The third-order valence-corrected chi connectivity index (χ3v) is 4.47. The fraction of sp³-hybridized carbons (Fsp3) is 0.211. The van der Waals surface area contributed by atoms with Gasteiger partial charge in [-0.3, -0.25) is 9.59 Å². The van der Waals surface area contributed by atoms with Crippen molar-refractivity contribution in [2.24, 2.45) is 5.92 Å². The standard InChI is InChI=1S/C19H16ClN3O2/c20-17-9-16(7-6-14(17)10-21)22-19(25)15-8-18(24)23(12-15)11-13-4-2-1-3-5-13/h1-7,9,15H,8,11-12H2,(H,22,25). The van der Waals surface area contributed by atoms with Crippen LogP contribution in [-0.2, 0) is 16.1 Å². The molecule has 3 rings (SSSR count). The van der Waals surface area contributed by atoms with E-state index in [1.54, 1.807) is 17.0 Å². The minimum atomic E-state index is -0.398. The van der Waals surface area contributed by atoms with Crippen LogP contribution < -0.4 is 5.32 Å². The van der Waals surface area contributed by atoms with Gasteiger partial charge in [0.15, 0.2) is 0 Å². The predicted octanol–water partition coefficient (Wildman–Crippen LogP) is 3.20. The van der Waals surface area contributed by atoms with Gasteiger partial charge in [0.1, 0.15) is 6.07 Å². The van der Waals surface area contributed by atoms with Crippen LogP contribution in [0.15, 0.2) is 48.5 Å². The van der Waals surface area contributed by atoms with Crippen molar-refractivity contribution in [3.05, 3.63) is 64.7 Å². The summed E-state index contributed by atoms with van der Waals surface area (Å²) in [7, 11) is 0. The second-order valence-electron chi connectivity index (χ2n) is 5.96. The number of hydrogen-bond donors (Lipinski definition) is 1. The van der Waals surface area contributed by atoms with Crippen LogP contribution >= 0.6 is 11.6 Å². The minimum absolute atomic E-state index is 0.0261. The smallest absolute Gasteiger partial charge is 0.229 e. The van der Waals surface area contributed by atoms with Crippen molar-refractivity contribution >= 4 is 29.1 Å². The van der Waals surface area contributed by atoms with Crippen LogP contribution in [0.5, 0.6) is 0 Å². The molecule has 5 nitrogen and oxygen atoms in total. The van der Waals surface area contributed by atoms with Gasteiger partial charge >= 0.3 is 0 Å². The van der Waals surface area contributed by atoms with Crippen molar-refractivity contribution in [1.29, 1.82) is 5.26 Å². The van der Waals surface area contributed by atoms with Crippen molar-refractivity contribution in [1.82, 2.24) is 4.90 Å². The van der Waals surface area contributed by atoms with Crippen LogP contribution in [0.2, 0.25) is 5.02 Å². The molecule has 1 atom stereocenters. The SMILES string of the molecule is N#Cc1ccc(NC(=O)C2CC(=O)N(Cc3ccccc3)C2)cc1Cl. The van der Waals surface area contributed by atoms with Crippen molar-refractivity contribution in [2.45, 2.75) is 13.0 Å². The molecule has 126 valence electrons. The number of nitriles is 1. The third kappa shape index (κ3) is 3.98. The molecule has 6 heteroatoms. The molecule has 2 aromatic rings. The van der Waals surface area contributed by atoms with Gasteiger partial charge < -0.3 is 10.2 Å². The quantitative estimate of drug-likeness (QED) is 0.917. The van der Waals surface area contributed by atoms with Gasteiger partial charge in [-0.25, -0.2) is 0 Å². The molecule has 0 spiro atoms. The van der Waals surface area contributed by atoms with Gasteiger partial charge in [-0.05, 0) is 23.8 Å². The molecule has 1 aliphatic heterocycles. The lowest BCUT2D eigenvalue weighted by Gasteiger charge is -2.16. The molecule has 1 heterocycles. The molecule has 25 heavy (non-hydrogen) atoms. The summed E-state index contributed by atoms with van der Waals surface area (Å²) in [6.45, 7) is 0.899. The summed E-state index contributed by atoms with van der Waals surface area (Å²) in [5.41, 5.74) is 1.91. The maximum Gasteiger partial charge on any atom is 0.229 e. The first-order valence-electron chi connectivity index (χ1n) is 7.89. The lowest BCUT2D eigenvalue weighted by atomic mass is 10.1. The number of rotatable bonds is 4. The van der Waals surface area contributed by atoms with Crippen molar-refractivity contribution in [3.8, 4) is 6.07 Å². The van der Waals surface area contributed by atoms with Gasteiger partial charge in [-0.15, -0.1) is 0 Å². The lowest BCUT2D eigenvalue weighted by Crippen LogP contribution is -2.28. The number of anilines is 1. The first-order chi connectivity index (χ1) is 12.1. The minimum Gasteiger partial charge on any atom is -0.338 e. The lowest BCUT2D eigenvalue weighted by molar-refractivity contribution is -0.128. The monoisotopic (exact) mass is 353 g/mol. The number of nitrogens with zero attached hydrogens (tertiary/aromatic N) is 2. The number of carbonyl (C=O) groups excluding carboxylic acids is 2. The Morgan fingerprint density at radius 1 is 1.28 bits per heavy atom. The largest absolute Gasteiger partial charge is 0.338 e. The summed E-state index contributed by atoms with van der Waals surface area (Å²) >= 11 is 5.97. The van der Waals surface area contributed by atoms with Gasteiger partial charge in [-0.2, -0.15) is 5.26 Å². The van der Waals surface area contributed by atoms with Gasteiger partial charge in [0.05, 0.1) is 16.5 Å². The van der Waals surface area contributed by atoms with Crippen LogP contribution in [0.25, 0.3) is 0 Å². The van der Waals surface area contributed by atoms with E-state index in [0.717, 1.165) is 5.56 Å². The van der Waals surface area contributed by atoms with E-state index >= 15 is 0 Å². The normalized spacial score (nSPS) is 16.6. The first-order valence-corrected chi connectivity index (χ1v) is 8.27. The fourth-order valence-corrected chi connectivity index (χ4v) is 3.06. The van der Waals surface area contributed by atoms with Gasteiger partial charge in [0, 0.05) is 25.2 Å².